The van der Waals surface area contributed by atoms with Gasteiger partial charge in [-0.3, -0.25) is 0 Å². The van der Waals surface area contributed by atoms with Gasteiger partial charge < -0.3 is 5.32 Å². The van der Waals surface area contributed by atoms with Crippen molar-refractivity contribution in [2.75, 3.05) is 0 Å². The first-order chi connectivity index (χ1) is 8.56. The Balaban J connectivity index is 2.21. The normalized spacial score (nSPS) is 11.2. The summed E-state index contributed by atoms with van der Waals surface area (Å²) in [7, 11) is 0. The van der Waals surface area contributed by atoms with Crippen LogP contribution in [-0.2, 0) is 6.54 Å². The van der Waals surface area contributed by atoms with Gasteiger partial charge in [-0.2, -0.15) is 5.10 Å². The van der Waals surface area contributed by atoms with E-state index in [4.69, 9.17) is 0 Å². The standard InChI is InChI=1S/C13H15BrFN3/c1-9(2)16-8-11-5-6-18(17-11)13-7-10(14)3-4-12(13)15/h3-7,9,16H,8H2,1-2H3. The lowest BCUT2D eigenvalue weighted by molar-refractivity contribution is 0.574. The van der Waals surface area contributed by atoms with Gasteiger partial charge >= 0.3 is 0 Å². The maximum Gasteiger partial charge on any atom is 0.148 e. The topological polar surface area (TPSA) is 29.9 Å². The molecule has 3 nitrogen and oxygen atoms in total. The van der Waals surface area contributed by atoms with E-state index in [0.717, 1.165) is 10.2 Å². The van der Waals surface area contributed by atoms with E-state index in [0.29, 0.717) is 18.3 Å². The molecule has 0 radical (unpaired) electrons. The van der Waals surface area contributed by atoms with Gasteiger partial charge in [0.2, 0.25) is 0 Å². The van der Waals surface area contributed by atoms with Crippen molar-refractivity contribution in [3.8, 4) is 5.69 Å². The number of halogens is 2. The van der Waals surface area contributed by atoms with Gasteiger partial charge in [0.15, 0.2) is 0 Å². The Morgan fingerprint density at radius 2 is 2.17 bits per heavy atom. The summed E-state index contributed by atoms with van der Waals surface area (Å²) in [6.45, 7) is 4.83. The zero-order valence-corrected chi connectivity index (χ0v) is 11.9. The molecular formula is C13H15BrFN3. The van der Waals surface area contributed by atoms with Crippen molar-refractivity contribution in [1.29, 1.82) is 0 Å². The maximum absolute atomic E-state index is 13.7. The molecule has 0 aliphatic carbocycles. The van der Waals surface area contributed by atoms with Gasteiger partial charge in [-0.25, -0.2) is 9.07 Å². The van der Waals surface area contributed by atoms with E-state index in [-0.39, 0.29) is 5.82 Å². The summed E-state index contributed by atoms with van der Waals surface area (Å²) < 4.78 is 16.1. The molecule has 0 atom stereocenters. The Kier molecular flexibility index (Phi) is 4.14. The van der Waals surface area contributed by atoms with Crippen LogP contribution in [0.1, 0.15) is 19.5 Å². The van der Waals surface area contributed by atoms with E-state index < -0.39 is 0 Å². The third-order valence-electron chi connectivity index (χ3n) is 2.49. The molecule has 1 heterocycles. The third-order valence-corrected chi connectivity index (χ3v) is 2.98. The molecule has 0 saturated heterocycles. The van der Waals surface area contributed by atoms with Gasteiger partial charge in [0.25, 0.3) is 0 Å². The smallest absolute Gasteiger partial charge is 0.148 e. The molecule has 1 N–H and O–H groups in total. The van der Waals surface area contributed by atoms with E-state index in [9.17, 15) is 4.39 Å². The van der Waals surface area contributed by atoms with Gasteiger partial charge in [0.1, 0.15) is 11.5 Å². The highest BCUT2D eigenvalue weighted by Crippen LogP contribution is 2.18. The van der Waals surface area contributed by atoms with E-state index >= 15 is 0 Å². The Morgan fingerprint density at radius 3 is 2.89 bits per heavy atom. The fourth-order valence-electron chi connectivity index (χ4n) is 1.56. The second kappa shape index (κ2) is 5.63. The van der Waals surface area contributed by atoms with Crippen molar-refractivity contribution in [2.45, 2.75) is 26.4 Å². The summed E-state index contributed by atoms with van der Waals surface area (Å²) >= 11 is 3.33. The minimum atomic E-state index is -0.287. The van der Waals surface area contributed by atoms with Crippen molar-refractivity contribution in [3.05, 3.63) is 46.4 Å². The van der Waals surface area contributed by atoms with Crippen molar-refractivity contribution >= 4 is 15.9 Å². The molecule has 0 unspecified atom stereocenters. The number of hydrogen-bond acceptors (Lipinski definition) is 2. The highest BCUT2D eigenvalue weighted by atomic mass is 79.9. The first kappa shape index (κ1) is 13.2. The van der Waals surface area contributed by atoms with Crippen molar-refractivity contribution in [3.63, 3.8) is 0 Å². The van der Waals surface area contributed by atoms with Crippen LogP contribution in [0.15, 0.2) is 34.9 Å². The minimum Gasteiger partial charge on any atom is -0.309 e. The van der Waals surface area contributed by atoms with E-state index in [2.05, 4.69) is 40.2 Å². The van der Waals surface area contributed by atoms with Gasteiger partial charge in [-0.15, -0.1) is 0 Å². The third kappa shape index (κ3) is 3.17. The number of hydrogen-bond donors (Lipinski definition) is 1. The molecule has 96 valence electrons. The Morgan fingerprint density at radius 1 is 1.39 bits per heavy atom. The van der Waals surface area contributed by atoms with Gasteiger partial charge in [0, 0.05) is 23.3 Å². The van der Waals surface area contributed by atoms with Crippen molar-refractivity contribution in [2.24, 2.45) is 0 Å². The molecule has 1 aromatic heterocycles. The van der Waals surface area contributed by atoms with Crippen LogP contribution >= 0.6 is 15.9 Å². The minimum absolute atomic E-state index is 0.287. The van der Waals surface area contributed by atoms with Crippen LogP contribution < -0.4 is 5.32 Å². The lowest BCUT2D eigenvalue weighted by Gasteiger charge is -2.06. The van der Waals surface area contributed by atoms with E-state index in [1.54, 1.807) is 23.0 Å². The second-order valence-electron chi connectivity index (χ2n) is 4.38. The molecule has 0 fully saturated rings. The molecule has 1 aromatic carbocycles. The summed E-state index contributed by atoms with van der Waals surface area (Å²) in [6.07, 6.45) is 1.77. The predicted molar refractivity (Wildman–Crippen MR) is 73.2 cm³/mol. The summed E-state index contributed by atoms with van der Waals surface area (Å²) in [6, 6.07) is 7.09. The van der Waals surface area contributed by atoms with Crippen molar-refractivity contribution < 1.29 is 4.39 Å². The van der Waals surface area contributed by atoms with E-state index in [1.807, 2.05) is 6.07 Å². The second-order valence-corrected chi connectivity index (χ2v) is 5.30. The van der Waals surface area contributed by atoms with Crippen LogP contribution in [0.2, 0.25) is 0 Å². The number of rotatable bonds is 4. The Hall–Kier alpha value is -1.20. The molecule has 0 saturated carbocycles. The van der Waals surface area contributed by atoms with Gasteiger partial charge in [0.05, 0.1) is 5.69 Å². The molecule has 18 heavy (non-hydrogen) atoms. The highest BCUT2D eigenvalue weighted by molar-refractivity contribution is 9.10. The fourth-order valence-corrected chi connectivity index (χ4v) is 1.91. The summed E-state index contributed by atoms with van der Waals surface area (Å²) in [5, 5.41) is 7.62. The van der Waals surface area contributed by atoms with Crippen LogP contribution in [0, 0.1) is 5.82 Å². The lowest BCUT2D eigenvalue weighted by Crippen LogP contribution is -2.22. The van der Waals surface area contributed by atoms with Crippen LogP contribution in [0.4, 0.5) is 4.39 Å². The van der Waals surface area contributed by atoms with Gasteiger partial charge in [-0.1, -0.05) is 29.8 Å². The summed E-state index contributed by atoms with van der Waals surface area (Å²) in [4.78, 5) is 0. The number of nitrogens with zero attached hydrogens (tertiary/aromatic N) is 2. The van der Waals surface area contributed by atoms with Crippen molar-refractivity contribution in [1.82, 2.24) is 15.1 Å². The zero-order chi connectivity index (χ0) is 13.1. The lowest BCUT2D eigenvalue weighted by atomic mass is 10.3. The Bertz CT molecular complexity index is 537. The molecule has 0 aliphatic rings. The largest absolute Gasteiger partial charge is 0.309 e. The molecular weight excluding hydrogens is 297 g/mol. The molecule has 0 bridgehead atoms. The zero-order valence-electron chi connectivity index (χ0n) is 10.3. The van der Waals surface area contributed by atoms with E-state index in [1.165, 1.54) is 6.07 Å². The van der Waals surface area contributed by atoms with Crippen LogP contribution in [0.3, 0.4) is 0 Å². The number of aromatic nitrogens is 2. The number of nitrogens with one attached hydrogen (secondary N) is 1. The molecule has 2 rings (SSSR count). The van der Waals surface area contributed by atoms with Gasteiger partial charge in [-0.05, 0) is 24.3 Å². The first-order valence-corrected chi connectivity index (χ1v) is 6.59. The molecule has 0 aliphatic heterocycles. The average Bonchev–Trinajstić information content (AvgIpc) is 2.78. The van der Waals surface area contributed by atoms with Crippen LogP contribution in [0.5, 0.6) is 0 Å². The average molecular weight is 312 g/mol. The maximum atomic E-state index is 13.7. The Labute approximate surface area is 114 Å². The van der Waals surface area contributed by atoms with Crippen LogP contribution in [0.25, 0.3) is 5.69 Å². The molecule has 0 amide bonds. The quantitative estimate of drug-likeness (QED) is 0.939. The number of benzene rings is 1. The molecule has 5 heteroatoms. The fraction of sp³-hybridized carbons (Fsp3) is 0.308. The SMILES string of the molecule is CC(C)NCc1ccn(-c2cc(Br)ccc2F)n1. The monoisotopic (exact) mass is 311 g/mol. The molecule has 0 spiro atoms. The summed E-state index contributed by atoms with van der Waals surface area (Å²) in [5.41, 5.74) is 1.34. The van der Waals surface area contributed by atoms with Crippen LogP contribution in [-0.4, -0.2) is 15.8 Å². The molecule has 2 aromatic rings. The summed E-state index contributed by atoms with van der Waals surface area (Å²) in [5.74, 6) is -0.287. The first-order valence-electron chi connectivity index (χ1n) is 5.79. The predicted octanol–water partition coefficient (Wildman–Crippen LogP) is 3.27. The highest BCUT2D eigenvalue weighted by Gasteiger charge is 2.07.